The van der Waals surface area contributed by atoms with Crippen molar-refractivity contribution in [2.75, 3.05) is 19.6 Å². The normalized spacial score (nSPS) is 30.0. The third-order valence-corrected chi connectivity index (χ3v) is 5.74. The van der Waals surface area contributed by atoms with Crippen LogP contribution in [0.3, 0.4) is 0 Å². The van der Waals surface area contributed by atoms with E-state index in [1.54, 1.807) is 0 Å². The second-order valence-corrected chi connectivity index (χ2v) is 8.98. The maximum Gasteiger partial charge on any atom is 0.00696 e. The molecule has 1 aliphatic carbocycles. The molecule has 2 heteroatoms. The first-order chi connectivity index (χ1) is 9.84. The van der Waals surface area contributed by atoms with Gasteiger partial charge in [0, 0.05) is 18.6 Å². The Kier molecular flexibility index (Phi) is 6.14. The van der Waals surface area contributed by atoms with Gasteiger partial charge in [0.2, 0.25) is 0 Å². The van der Waals surface area contributed by atoms with Crippen molar-refractivity contribution < 1.29 is 0 Å². The van der Waals surface area contributed by atoms with Crippen LogP contribution < -0.4 is 5.32 Å². The predicted octanol–water partition coefficient (Wildman–Crippen LogP) is 4.30. The number of rotatable bonds is 4. The van der Waals surface area contributed by atoms with Crippen LogP contribution in [0.2, 0.25) is 0 Å². The average molecular weight is 295 g/mol. The van der Waals surface area contributed by atoms with Gasteiger partial charge in [-0.2, -0.15) is 0 Å². The molecule has 2 rings (SSSR count). The van der Waals surface area contributed by atoms with E-state index in [-0.39, 0.29) is 0 Å². The van der Waals surface area contributed by atoms with Crippen LogP contribution in [-0.4, -0.2) is 36.6 Å². The van der Waals surface area contributed by atoms with Gasteiger partial charge in [0.05, 0.1) is 0 Å². The molecule has 21 heavy (non-hydrogen) atoms. The van der Waals surface area contributed by atoms with Gasteiger partial charge >= 0.3 is 0 Å². The molecule has 2 fully saturated rings. The van der Waals surface area contributed by atoms with Gasteiger partial charge in [-0.05, 0) is 68.9 Å². The topological polar surface area (TPSA) is 15.3 Å². The molecule has 0 spiro atoms. The van der Waals surface area contributed by atoms with E-state index in [0.29, 0.717) is 11.5 Å². The monoisotopic (exact) mass is 294 g/mol. The van der Waals surface area contributed by atoms with E-state index in [0.717, 1.165) is 17.9 Å². The number of piperidine rings is 1. The fraction of sp³-hybridized carbons (Fsp3) is 1.00. The molecule has 0 atom stereocenters. The van der Waals surface area contributed by atoms with Crippen molar-refractivity contribution in [2.24, 2.45) is 17.3 Å². The summed E-state index contributed by atoms with van der Waals surface area (Å²) in [5, 5.41) is 3.71. The third kappa shape index (κ3) is 5.56. The maximum absolute atomic E-state index is 3.71. The minimum atomic E-state index is 0.507. The molecule has 0 aromatic rings. The molecule has 0 aromatic heterocycles. The Labute approximate surface area is 133 Å². The van der Waals surface area contributed by atoms with Crippen molar-refractivity contribution in [1.82, 2.24) is 10.2 Å². The summed E-state index contributed by atoms with van der Waals surface area (Å²) in [5.41, 5.74) is 0.507. The summed E-state index contributed by atoms with van der Waals surface area (Å²) in [5.74, 6) is 1.89. The van der Waals surface area contributed by atoms with Crippen LogP contribution in [0.25, 0.3) is 0 Å². The highest BCUT2D eigenvalue weighted by Crippen LogP contribution is 2.35. The van der Waals surface area contributed by atoms with Gasteiger partial charge in [-0.15, -0.1) is 0 Å². The SMILES string of the molecule is CC(C)NC1CCC(CN2CCC(C(C)(C)C)CC2)CC1. The average Bonchev–Trinajstić information content (AvgIpc) is 2.40. The van der Waals surface area contributed by atoms with Crippen LogP contribution >= 0.6 is 0 Å². The van der Waals surface area contributed by atoms with E-state index in [9.17, 15) is 0 Å². The van der Waals surface area contributed by atoms with E-state index in [1.807, 2.05) is 0 Å². The molecule has 124 valence electrons. The van der Waals surface area contributed by atoms with Gasteiger partial charge in [-0.25, -0.2) is 0 Å². The molecule has 1 aliphatic heterocycles. The molecule has 0 amide bonds. The first-order valence-corrected chi connectivity index (χ1v) is 9.33. The Balaban J connectivity index is 1.66. The van der Waals surface area contributed by atoms with Gasteiger partial charge < -0.3 is 10.2 Å². The third-order valence-electron chi connectivity index (χ3n) is 5.74. The first kappa shape index (κ1) is 17.3. The molecule has 2 nitrogen and oxygen atoms in total. The summed E-state index contributed by atoms with van der Waals surface area (Å²) in [6.45, 7) is 15.8. The zero-order valence-electron chi connectivity index (χ0n) is 15.1. The summed E-state index contributed by atoms with van der Waals surface area (Å²) in [4.78, 5) is 2.75. The lowest BCUT2D eigenvalue weighted by atomic mass is 9.75. The van der Waals surface area contributed by atoms with Crippen molar-refractivity contribution in [3.05, 3.63) is 0 Å². The van der Waals surface area contributed by atoms with Crippen LogP contribution in [-0.2, 0) is 0 Å². The molecule has 0 unspecified atom stereocenters. The second-order valence-electron chi connectivity index (χ2n) is 8.98. The fourth-order valence-electron chi connectivity index (χ4n) is 4.33. The standard InChI is InChI=1S/C19H38N2/c1-15(2)20-18-8-6-16(7-9-18)14-21-12-10-17(11-13-21)19(3,4)5/h15-18,20H,6-14H2,1-5H3. The van der Waals surface area contributed by atoms with Crippen molar-refractivity contribution in [1.29, 1.82) is 0 Å². The van der Waals surface area contributed by atoms with E-state index < -0.39 is 0 Å². The van der Waals surface area contributed by atoms with E-state index >= 15 is 0 Å². The summed E-state index contributed by atoms with van der Waals surface area (Å²) >= 11 is 0. The van der Waals surface area contributed by atoms with Crippen molar-refractivity contribution in [3.63, 3.8) is 0 Å². The van der Waals surface area contributed by atoms with E-state index in [1.165, 1.54) is 58.2 Å². The van der Waals surface area contributed by atoms with Crippen molar-refractivity contribution in [3.8, 4) is 0 Å². The van der Waals surface area contributed by atoms with Gasteiger partial charge in [-0.1, -0.05) is 34.6 Å². The number of likely N-dealkylation sites (tertiary alicyclic amines) is 1. The Hall–Kier alpha value is -0.0800. The molecule has 0 aromatic carbocycles. The van der Waals surface area contributed by atoms with Crippen LogP contribution in [0.15, 0.2) is 0 Å². The number of hydrogen-bond acceptors (Lipinski definition) is 2. The van der Waals surface area contributed by atoms with Gasteiger partial charge in [0.15, 0.2) is 0 Å². The number of nitrogens with zero attached hydrogens (tertiary/aromatic N) is 1. The Morgan fingerprint density at radius 1 is 0.952 bits per heavy atom. The van der Waals surface area contributed by atoms with Crippen molar-refractivity contribution >= 4 is 0 Å². The molecule has 0 bridgehead atoms. The molecule has 1 saturated carbocycles. The summed E-state index contributed by atoms with van der Waals surface area (Å²) in [6, 6.07) is 1.43. The predicted molar refractivity (Wildman–Crippen MR) is 92.6 cm³/mol. The molecule has 1 N–H and O–H groups in total. The van der Waals surface area contributed by atoms with Crippen LogP contribution in [0.5, 0.6) is 0 Å². The quantitative estimate of drug-likeness (QED) is 0.831. The minimum absolute atomic E-state index is 0.507. The maximum atomic E-state index is 3.71. The highest BCUT2D eigenvalue weighted by atomic mass is 15.1. The Bertz CT molecular complexity index is 289. The number of hydrogen-bond donors (Lipinski definition) is 1. The highest BCUT2D eigenvalue weighted by molar-refractivity contribution is 4.84. The summed E-state index contributed by atoms with van der Waals surface area (Å²) in [6.07, 6.45) is 8.47. The van der Waals surface area contributed by atoms with Crippen molar-refractivity contribution in [2.45, 2.75) is 85.2 Å². The largest absolute Gasteiger partial charge is 0.312 e. The molecule has 2 aliphatic rings. The zero-order valence-corrected chi connectivity index (χ0v) is 15.1. The molecule has 1 saturated heterocycles. The molecular weight excluding hydrogens is 256 g/mol. The van der Waals surface area contributed by atoms with E-state index in [4.69, 9.17) is 0 Å². The minimum Gasteiger partial charge on any atom is -0.312 e. The lowest BCUT2D eigenvalue weighted by Crippen LogP contribution is -2.42. The lowest BCUT2D eigenvalue weighted by molar-refractivity contribution is 0.0925. The van der Waals surface area contributed by atoms with Gasteiger partial charge in [-0.3, -0.25) is 0 Å². The van der Waals surface area contributed by atoms with Gasteiger partial charge in [0.1, 0.15) is 0 Å². The Morgan fingerprint density at radius 2 is 1.52 bits per heavy atom. The Morgan fingerprint density at radius 3 is 2.00 bits per heavy atom. The molecule has 1 heterocycles. The van der Waals surface area contributed by atoms with Gasteiger partial charge in [0.25, 0.3) is 0 Å². The van der Waals surface area contributed by atoms with Crippen LogP contribution in [0.1, 0.15) is 73.1 Å². The second kappa shape index (κ2) is 7.46. The molecule has 0 radical (unpaired) electrons. The smallest absolute Gasteiger partial charge is 0.00696 e. The van der Waals surface area contributed by atoms with E-state index in [2.05, 4.69) is 44.8 Å². The van der Waals surface area contributed by atoms with Crippen LogP contribution in [0.4, 0.5) is 0 Å². The molecular formula is C19H38N2. The highest BCUT2D eigenvalue weighted by Gasteiger charge is 2.30. The number of nitrogens with one attached hydrogen (secondary N) is 1. The lowest BCUT2D eigenvalue weighted by Gasteiger charge is -2.41. The summed E-state index contributed by atoms with van der Waals surface area (Å²) < 4.78 is 0. The van der Waals surface area contributed by atoms with Crippen LogP contribution in [0, 0.1) is 17.3 Å². The summed E-state index contributed by atoms with van der Waals surface area (Å²) in [7, 11) is 0. The first-order valence-electron chi connectivity index (χ1n) is 9.33. The zero-order chi connectivity index (χ0) is 15.5. The fourth-order valence-corrected chi connectivity index (χ4v) is 4.33.